The standard InChI is InChI=1S/C15H21NO3/c1-15(2,3)12(10-7-5-4-6-8-10)13(11-9-18-11)19-14(16)17/h4-8,11-13H,9H2,1-3H3,(H2,16,17)/t11-,12?,13+/m0/s1. The molecule has 4 heteroatoms. The molecule has 1 heterocycles. The Morgan fingerprint density at radius 3 is 2.37 bits per heavy atom. The SMILES string of the molecule is CC(C)(C)C(c1ccccc1)[C@H](OC(N)=O)[C@@H]1CO1. The zero-order chi connectivity index (χ0) is 14.0. The molecule has 2 rings (SSSR count). The van der Waals surface area contributed by atoms with Gasteiger partial charge in [0.2, 0.25) is 0 Å². The number of carbonyl (C=O) groups is 1. The zero-order valence-electron chi connectivity index (χ0n) is 11.6. The molecular weight excluding hydrogens is 242 g/mol. The summed E-state index contributed by atoms with van der Waals surface area (Å²) in [7, 11) is 0. The maximum Gasteiger partial charge on any atom is 0.404 e. The average Bonchev–Trinajstić information content (AvgIpc) is 3.10. The fourth-order valence-electron chi connectivity index (χ4n) is 2.58. The van der Waals surface area contributed by atoms with Crippen molar-refractivity contribution in [2.75, 3.05) is 6.61 Å². The highest BCUT2D eigenvalue weighted by molar-refractivity contribution is 5.65. The number of carbonyl (C=O) groups excluding carboxylic acids is 1. The van der Waals surface area contributed by atoms with Crippen LogP contribution in [0.15, 0.2) is 30.3 Å². The van der Waals surface area contributed by atoms with Crippen LogP contribution in [0.5, 0.6) is 0 Å². The molecule has 0 spiro atoms. The lowest BCUT2D eigenvalue weighted by atomic mass is 9.72. The van der Waals surface area contributed by atoms with Gasteiger partial charge in [0.15, 0.2) is 0 Å². The highest BCUT2D eigenvalue weighted by Gasteiger charge is 2.45. The van der Waals surface area contributed by atoms with E-state index < -0.39 is 6.09 Å². The van der Waals surface area contributed by atoms with Gasteiger partial charge in [-0.2, -0.15) is 0 Å². The van der Waals surface area contributed by atoms with E-state index in [1.54, 1.807) is 0 Å². The molecule has 3 atom stereocenters. The first kappa shape index (κ1) is 13.9. The van der Waals surface area contributed by atoms with E-state index in [4.69, 9.17) is 15.2 Å². The predicted molar refractivity (Wildman–Crippen MR) is 72.8 cm³/mol. The molecule has 1 fully saturated rings. The fourth-order valence-corrected chi connectivity index (χ4v) is 2.58. The first-order chi connectivity index (χ1) is 8.89. The minimum absolute atomic E-state index is 0.0445. The van der Waals surface area contributed by atoms with Gasteiger partial charge >= 0.3 is 6.09 Å². The van der Waals surface area contributed by atoms with E-state index in [9.17, 15) is 4.79 Å². The minimum atomic E-state index is -0.745. The number of amides is 1. The van der Waals surface area contributed by atoms with Crippen molar-refractivity contribution < 1.29 is 14.3 Å². The second kappa shape index (κ2) is 5.21. The Labute approximate surface area is 113 Å². The molecule has 1 aromatic rings. The lowest BCUT2D eigenvalue weighted by molar-refractivity contribution is 0.0400. The van der Waals surface area contributed by atoms with Crippen molar-refractivity contribution in [3.63, 3.8) is 0 Å². The Kier molecular flexibility index (Phi) is 3.80. The van der Waals surface area contributed by atoms with Crippen LogP contribution in [0, 0.1) is 5.41 Å². The summed E-state index contributed by atoms with van der Waals surface area (Å²) in [5, 5.41) is 0. The van der Waals surface area contributed by atoms with Gasteiger partial charge in [0, 0.05) is 5.92 Å². The molecule has 1 aliphatic rings. The Morgan fingerprint density at radius 2 is 1.95 bits per heavy atom. The summed E-state index contributed by atoms with van der Waals surface area (Å²) in [6.07, 6.45) is -1.12. The molecule has 0 bridgehead atoms. The van der Waals surface area contributed by atoms with Crippen LogP contribution in [0.4, 0.5) is 4.79 Å². The molecule has 0 aromatic heterocycles. The highest BCUT2D eigenvalue weighted by atomic mass is 16.6. The summed E-state index contributed by atoms with van der Waals surface area (Å²) in [6.45, 7) is 7.01. The van der Waals surface area contributed by atoms with Crippen LogP contribution in [0.2, 0.25) is 0 Å². The third-order valence-corrected chi connectivity index (χ3v) is 3.40. The number of epoxide rings is 1. The van der Waals surface area contributed by atoms with Crippen molar-refractivity contribution >= 4 is 6.09 Å². The molecule has 19 heavy (non-hydrogen) atoms. The van der Waals surface area contributed by atoms with E-state index in [0.717, 1.165) is 5.56 Å². The van der Waals surface area contributed by atoms with E-state index in [1.165, 1.54) is 0 Å². The summed E-state index contributed by atoms with van der Waals surface area (Å²) >= 11 is 0. The van der Waals surface area contributed by atoms with Gasteiger partial charge in [-0.3, -0.25) is 0 Å². The first-order valence-corrected chi connectivity index (χ1v) is 6.52. The van der Waals surface area contributed by atoms with Crippen LogP contribution in [0.3, 0.4) is 0 Å². The number of primary amides is 1. The van der Waals surface area contributed by atoms with Crippen LogP contribution < -0.4 is 5.73 Å². The van der Waals surface area contributed by atoms with Crippen molar-refractivity contribution in [1.29, 1.82) is 0 Å². The summed E-state index contributed by atoms with van der Waals surface area (Å²) in [5.74, 6) is 0.0497. The minimum Gasteiger partial charge on any atom is -0.443 e. The fraction of sp³-hybridized carbons (Fsp3) is 0.533. The second-order valence-electron chi connectivity index (χ2n) is 6.03. The van der Waals surface area contributed by atoms with Crippen molar-refractivity contribution in [2.45, 2.75) is 38.9 Å². The number of rotatable bonds is 4. The van der Waals surface area contributed by atoms with E-state index in [0.29, 0.717) is 6.61 Å². The molecule has 1 aromatic carbocycles. The zero-order valence-corrected chi connectivity index (χ0v) is 11.6. The molecule has 0 aliphatic carbocycles. The van der Waals surface area contributed by atoms with Crippen LogP contribution in [0.25, 0.3) is 0 Å². The highest BCUT2D eigenvalue weighted by Crippen LogP contribution is 2.42. The average molecular weight is 263 g/mol. The first-order valence-electron chi connectivity index (χ1n) is 6.52. The van der Waals surface area contributed by atoms with Gasteiger partial charge in [0.05, 0.1) is 6.61 Å². The van der Waals surface area contributed by atoms with Gasteiger partial charge in [-0.1, -0.05) is 51.1 Å². The van der Waals surface area contributed by atoms with Crippen molar-refractivity contribution in [2.24, 2.45) is 11.1 Å². The summed E-state index contributed by atoms with van der Waals surface area (Å²) in [5.41, 5.74) is 6.28. The molecule has 1 aliphatic heterocycles. The van der Waals surface area contributed by atoms with Gasteiger partial charge in [-0.15, -0.1) is 0 Å². The smallest absolute Gasteiger partial charge is 0.404 e. The molecule has 1 unspecified atom stereocenters. The molecule has 1 saturated heterocycles. The monoisotopic (exact) mass is 263 g/mol. The second-order valence-corrected chi connectivity index (χ2v) is 6.03. The van der Waals surface area contributed by atoms with Crippen LogP contribution in [-0.4, -0.2) is 24.9 Å². The Morgan fingerprint density at radius 1 is 1.37 bits per heavy atom. The lowest BCUT2D eigenvalue weighted by Gasteiger charge is -2.36. The van der Waals surface area contributed by atoms with E-state index in [2.05, 4.69) is 32.9 Å². The number of benzene rings is 1. The maximum atomic E-state index is 11.1. The number of ether oxygens (including phenoxy) is 2. The number of hydrogen-bond donors (Lipinski definition) is 1. The van der Waals surface area contributed by atoms with Crippen molar-refractivity contribution in [1.82, 2.24) is 0 Å². The molecule has 104 valence electrons. The number of hydrogen-bond acceptors (Lipinski definition) is 3. The van der Waals surface area contributed by atoms with Gasteiger partial charge in [-0.25, -0.2) is 4.79 Å². The molecule has 1 amide bonds. The van der Waals surface area contributed by atoms with Crippen molar-refractivity contribution in [3.05, 3.63) is 35.9 Å². The summed E-state index contributed by atoms with van der Waals surface area (Å²) in [6, 6.07) is 10.1. The normalized spacial score (nSPS) is 21.5. The topological polar surface area (TPSA) is 64.8 Å². The third kappa shape index (κ3) is 3.47. The van der Waals surface area contributed by atoms with Gasteiger partial charge in [-0.05, 0) is 11.0 Å². The molecule has 2 N–H and O–H groups in total. The van der Waals surface area contributed by atoms with Gasteiger partial charge in [0.1, 0.15) is 12.2 Å². The Balaban J connectivity index is 2.33. The molecule has 0 saturated carbocycles. The molecular formula is C15H21NO3. The largest absolute Gasteiger partial charge is 0.443 e. The van der Waals surface area contributed by atoms with E-state index in [-0.39, 0.29) is 23.5 Å². The Hall–Kier alpha value is -1.55. The predicted octanol–water partition coefficient (Wildman–Crippen LogP) is 2.68. The quantitative estimate of drug-likeness (QED) is 0.849. The number of nitrogens with two attached hydrogens (primary N) is 1. The summed E-state index contributed by atoms with van der Waals surface area (Å²) in [4.78, 5) is 11.1. The van der Waals surface area contributed by atoms with Crippen LogP contribution in [0.1, 0.15) is 32.3 Å². The lowest BCUT2D eigenvalue weighted by Crippen LogP contribution is -2.38. The van der Waals surface area contributed by atoms with E-state index in [1.807, 2.05) is 18.2 Å². The van der Waals surface area contributed by atoms with E-state index >= 15 is 0 Å². The van der Waals surface area contributed by atoms with Crippen LogP contribution in [-0.2, 0) is 9.47 Å². The maximum absolute atomic E-state index is 11.1. The van der Waals surface area contributed by atoms with Gasteiger partial charge in [0.25, 0.3) is 0 Å². The summed E-state index contributed by atoms with van der Waals surface area (Å²) < 4.78 is 10.7. The third-order valence-electron chi connectivity index (χ3n) is 3.40. The Bertz CT molecular complexity index is 434. The van der Waals surface area contributed by atoms with Gasteiger partial charge < -0.3 is 15.2 Å². The molecule has 4 nitrogen and oxygen atoms in total. The van der Waals surface area contributed by atoms with Crippen LogP contribution >= 0.6 is 0 Å². The van der Waals surface area contributed by atoms with Crippen molar-refractivity contribution in [3.8, 4) is 0 Å². The molecule has 0 radical (unpaired) electrons.